The maximum atomic E-state index is 11.5. The van der Waals surface area contributed by atoms with Crippen LogP contribution in [0.5, 0.6) is 5.88 Å². The van der Waals surface area contributed by atoms with Gasteiger partial charge in [-0.15, -0.1) is 0 Å². The van der Waals surface area contributed by atoms with Crippen LogP contribution in [-0.4, -0.2) is 74.1 Å². The van der Waals surface area contributed by atoms with Crippen LogP contribution in [0.15, 0.2) is 48.9 Å². The second kappa shape index (κ2) is 9.74. The standard InChI is InChI=1S/C25H29N7O2/c1-30-16-18(14-27-30)17-31-8-7-23(32(10-9-31)11-12-33)24-26-15-22(28-24)20-13-19-5-3-4-6-21(19)29-25(20)34-2/h3-6,12-16,23H,7-11,17H2,1-2H3,(H,26,28). The molecule has 0 radical (unpaired) electrons. The van der Waals surface area contributed by atoms with Crippen molar-refractivity contribution in [3.8, 4) is 17.1 Å². The first-order chi connectivity index (χ1) is 16.6. The van der Waals surface area contributed by atoms with Crippen molar-refractivity contribution in [3.63, 3.8) is 0 Å². The van der Waals surface area contributed by atoms with Gasteiger partial charge in [0.05, 0.1) is 48.9 Å². The third-order valence-corrected chi connectivity index (χ3v) is 6.42. The molecule has 0 amide bonds. The van der Waals surface area contributed by atoms with E-state index in [9.17, 15) is 4.79 Å². The lowest BCUT2D eigenvalue weighted by Gasteiger charge is -2.25. The van der Waals surface area contributed by atoms with Crippen LogP contribution in [0.25, 0.3) is 22.2 Å². The summed E-state index contributed by atoms with van der Waals surface area (Å²) in [6.07, 6.45) is 7.64. The summed E-state index contributed by atoms with van der Waals surface area (Å²) < 4.78 is 7.41. The van der Waals surface area contributed by atoms with Crippen molar-refractivity contribution in [1.82, 2.24) is 34.5 Å². The van der Waals surface area contributed by atoms with Crippen molar-refractivity contribution in [2.24, 2.45) is 7.05 Å². The van der Waals surface area contributed by atoms with E-state index in [-0.39, 0.29) is 6.04 Å². The van der Waals surface area contributed by atoms with E-state index in [0.29, 0.717) is 12.4 Å². The van der Waals surface area contributed by atoms with Crippen molar-refractivity contribution in [1.29, 1.82) is 0 Å². The number of nitrogens with zero attached hydrogens (tertiary/aromatic N) is 6. The quantitative estimate of drug-likeness (QED) is 0.425. The van der Waals surface area contributed by atoms with E-state index in [4.69, 9.17) is 9.72 Å². The van der Waals surface area contributed by atoms with Gasteiger partial charge >= 0.3 is 0 Å². The molecular weight excluding hydrogens is 430 g/mol. The topological polar surface area (TPSA) is 92.2 Å². The summed E-state index contributed by atoms with van der Waals surface area (Å²) in [5, 5.41) is 5.32. The largest absolute Gasteiger partial charge is 0.480 e. The average molecular weight is 460 g/mol. The van der Waals surface area contributed by atoms with E-state index >= 15 is 0 Å². The first kappa shape index (κ1) is 22.2. The number of hydrogen-bond acceptors (Lipinski definition) is 7. The molecule has 9 nitrogen and oxygen atoms in total. The van der Waals surface area contributed by atoms with Crippen LogP contribution in [0, 0.1) is 0 Å². The van der Waals surface area contributed by atoms with Gasteiger partial charge in [0.25, 0.3) is 0 Å². The molecule has 0 saturated carbocycles. The fraction of sp³-hybridized carbons (Fsp3) is 0.360. The SMILES string of the molecule is COc1nc2ccccc2cc1-c1cnc(C2CCN(Cc3cnn(C)c3)CCN2CC=O)[nH]1. The van der Waals surface area contributed by atoms with E-state index in [0.717, 1.165) is 66.9 Å². The predicted molar refractivity (Wildman–Crippen MR) is 129 cm³/mol. The number of benzene rings is 1. The van der Waals surface area contributed by atoms with Crippen LogP contribution < -0.4 is 4.74 Å². The molecule has 1 aliphatic rings. The minimum absolute atomic E-state index is 0.0252. The Morgan fingerprint density at radius 1 is 1.21 bits per heavy atom. The highest BCUT2D eigenvalue weighted by molar-refractivity contribution is 5.85. The van der Waals surface area contributed by atoms with E-state index in [2.05, 4.69) is 37.1 Å². The van der Waals surface area contributed by atoms with Gasteiger partial charge in [-0.25, -0.2) is 9.97 Å². The summed E-state index contributed by atoms with van der Waals surface area (Å²) in [6, 6.07) is 10.1. The number of carbonyl (C=O) groups is 1. The summed E-state index contributed by atoms with van der Waals surface area (Å²) in [5.41, 5.74) is 3.80. The Balaban J connectivity index is 1.40. The summed E-state index contributed by atoms with van der Waals surface area (Å²) in [7, 11) is 3.56. The molecule has 4 aromatic rings. The minimum atomic E-state index is 0.0252. The molecule has 5 rings (SSSR count). The lowest BCUT2D eigenvalue weighted by atomic mass is 10.1. The number of aromatic nitrogens is 5. The van der Waals surface area contributed by atoms with Crippen LogP contribution in [-0.2, 0) is 18.4 Å². The Kier molecular flexibility index (Phi) is 6.37. The zero-order chi connectivity index (χ0) is 23.5. The fourth-order valence-electron chi connectivity index (χ4n) is 4.71. The highest BCUT2D eigenvalue weighted by Crippen LogP contribution is 2.33. The van der Waals surface area contributed by atoms with Crippen LogP contribution >= 0.6 is 0 Å². The fourth-order valence-corrected chi connectivity index (χ4v) is 4.71. The first-order valence-electron chi connectivity index (χ1n) is 11.5. The lowest BCUT2D eigenvalue weighted by Crippen LogP contribution is -2.33. The number of rotatable bonds is 7. The number of ether oxygens (including phenoxy) is 1. The Labute approximate surface area is 198 Å². The number of nitrogens with one attached hydrogen (secondary N) is 1. The van der Waals surface area contributed by atoms with E-state index in [1.807, 2.05) is 48.4 Å². The molecular formula is C25H29N7O2. The molecule has 1 aromatic carbocycles. The molecule has 0 aliphatic carbocycles. The van der Waals surface area contributed by atoms with Crippen LogP contribution in [0.2, 0.25) is 0 Å². The number of methoxy groups -OCH3 is 1. The predicted octanol–water partition coefficient (Wildman–Crippen LogP) is 2.81. The molecule has 3 aromatic heterocycles. The maximum absolute atomic E-state index is 11.5. The molecule has 34 heavy (non-hydrogen) atoms. The molecule has 1 unspecified atom stereocenters. The van der Waals surface area contributed by atoms with Gasteiger partial charge in [0.2, 0.25) is 5.88 Å². The number of H-pyrrole nitrogens is 1. The number of aromatic amines is 1. The van der Waals surface area contributed by atoms with E-state index < -0.39 is 0 Å². The molecule has 176 valence electrons. The number of hydrogen-bond donors (Lipinski definition) is 1. The number of para-hydroxylation sites is 1. The molecule has 0 spiro atoms. The van der Waals surface area contributed by atoms with Gasteiger partial charge in [0.1, 0.15) is 12.1 Å². The van der Waals surface area contributed by atoms with Gasteiger partial charge in [-0.05, 0) is 18.6 Å². The van der Waals surface area contributed by atoms with Gasteiger partial charge in [0, 0.05) is 50.4 Å². The molecule has 1 N–H and O–H groups in total. The number of carbonyl (C=O) groups excluding carboxylic acids is 1. The molecule has 1 saturated heterocycles. The van der Waals surface area contributed by atoms with Gasteiger partial charge in [0.15, 0.2) is 0 Å². The minimum Gasteiger partial charge on any atom is -0.480 e. The molecule has 1 aliphatic heterocycles. The molecule has 1 atom stereocenters. The third-order valence-electron chi connectivity index (χ3n) is 6.42. The zero-order valence-electron chi connectivity index (χ0n) is 19.5. The zero-order valence-corrected chi connectivity index (χ0v) is 19.5. The molecule has 1 fully saturated rings. The Morgan fingerprint density at radius 3 is 2.88 bits per heavy atom. The summed E-state index contributed by atoms with van der Waals surface area (Å²) >= 11 is 0. The van der Waals surface area contributed by atoms with Gasteiger partial charge in [-0.2, -0.15) is 5.10 Å². The maximum Gasteiger partial charge on any atom is 0.223 e. The lowest BCUT2D eigenvalue weighted by molar-refractivity contribution is -0.109. The third kappa shape index (κ3) is 4.57. The monoisotopic (exact) mass is 459 g/mol. The van der Waals surface area contributed by atoms with Crippen LogP contribution in [0.1, 0.15) is 23.9 Å². The first-order valence-corrected chi connectivity index (χ1v) is 11.5. The Bertz CT molecular complexity index is 1280. The van der Waals surface area contributed by atoms with Crippen LogP contribution in [0.3, 0.4) is 0 Å². The van der Waals surface area contributed by atoms with Crippen molar-refractivity contribution >= 4 is 17.2 Å². The summed E-state index contributed by atoms with van der Waals surface area (Å²) in [6.45, 7) is 3.81. The van der Waals surface area contributed by atoms with E-state index in [1.165, 1.54) is 5.56 Å². The second-order valence-corrected chi connectivity index (χ2v) is 8.68. The number of imidazole rings is 1. The highest BCUT2D eigenvalue weighted by atomic mass is 16.5. The van der Waals surface area contributed by atoms with Gasteiger partial charge < -0.3 is 14.5 Å². The summed E-state index contributed by atoms with van der Waals surface area (Å²) in [5.74, 6) is 1.41. The van der Waals surface area contributed by atoms with Gasteiger partial charge in [-0.3, -0.25) is 14.5 Å². The number of aryl methyl sites for hydroxylation is 1. The normalized spacial score (nSPS) is 17.6. The van der Waals surface area contributed by atoms with Crippen molar-refractivity contribution < 1.29 is 9.53 Å². The number of aldehydes is 1. The summed E-state index contributed by atoms with van der Waals surface area (Å²) in [4.78, 5) is 29.0. The van der Waals surface area contributed by atoms with Crippen molar-refractivity contribution in [3.05, 3.63) is 60.3 Å². The van der Waals surface area contributed by atoms with Gasteiger partial charge in [-0.1, -0.05) is 18.2 Å². The number of fused-ring (bicyclic) bond motifs is 1. The smallest absolute Gasteiger partial charge is 0.223 e. The molecule has 0 bridgehead atoms. The highest BCUT2D eigenvalue weighted by Gasteiger charge is 2.28. The van der Waals surface area contributed by atoms with Crippen molar-refractivity contribution in [2.75, 3.05) is 33.3 Å². The Hall–Kier alpha value is -3.56. The number of pyridine rings is 1. The second-order valence-electron chi connectivity index (χ2n) is 8.68. The van der Waals surface area contributed by atoms with E-state index in [1.54, 1.807) is 7.11 Å². The van der Waals surface area contributed by atoms with Crippen molar-refractivity contribution in [2.45, 2.75) is 19.0 Å². The average Bonchev–Trinajstić information content (AvgIpc) is 3.45. The molecule has 9 heteroatoms. The Morgan fingerprint density at radius 2 is 2.09 bits per heavy atom. The molecule has 4 heterocycles. The van der Waals surface area contributed by atoms with Crippen LogP contribution in [0.4, 0.5) is 0 Å².